The number of nitro groups is 1. The van der Waals surface area contributed by atoms with Crippen molar-refractivity contribution in [2.24, 2.45) is 0 Å². The van der Waals surface area contributed by atoms with Crippen molar-refractivity contribution < 1.29 is 14.5 Å². The average Bonchev–Trinajstić information content (AvgIpc) is 2.85. The second-order valence-electron chi connectivity index (χ2n) is 8.31. The van der Waals surface area contributed by atoms with Gasteiger partial charge in [-0.3, -0.25) is 20.2 Å². The van der Waals surface area contributed by atoms with Gasteiger partial charge in [0.05, 0.1) is 18.1 Å². The van der Waals surface area contributed by atoms with Gasteiger partial charge in [-0.15, -0.1) is 0 Å². The Morgan fingerprint density at radius 2 is 1.68 bits per heavy atom. The molecule has 0 radical (unpaired) electrons. The molecule has 2 heterocycles. The van der Waals surface area contributed by atoms with Crippen LogP contribution in [0.2, 0.25) is 0 Å². The summed E-state index contributed by atoms with van der Waals surface area (Å²) in [5.74, 6) is -0.511. The number of carbonyl (C=O) groups excluding carboxylic acids is 1. The van der Waals surface area contributed by atoms with Gasteiger partial charge in [0, 0.05) is 62.3 Å². The highest BCUT2D eigenvalue weighted by atomic mass is 32.1. The minimum Gasteiger partial charge on any atom is -0.378 e. The molecule has 2 saturated heterocycles. The third-order valence-corrected chi connectivity index (χ3v) is 6.21. The first kappa shape index (κ1) is 23.9. The van der Waals surface area contributed by atoms with Crippen LogP contribution in [-0.4, -0.2) is 80.4 Å². The molecule has 180 valence electrons. The van der Waals surface area contributed by atoms with Crippen molar-refractivity contribution in [2.45, 2.75) is 0 Å². The Hall–Kier alpha value is -3.28. The Morgan fingerprint density at radius 1 is 1.00 bits per heavy atom. The summed E-state index contributed by atoms with van der Waals surface area (Å²) in [5, 5.41) is 17.4. The zero-order valence-corrected chi connectivity index (χ0v) is 19.8. The topological polar surface area (TPSA) is 103 Å². The van der Waals surface area contributed by atoms with Crippen LogP contribution in [0.4, 0.5) is 22.7 Å². The molecule has 0 atom stereocenters. The lowest BCUT2D eigenvalue weighted by atomic mass is 10.1. The molecule has 10 nitrogen and oxygen atoms in total. The molecular formula is C23H28N6O4S. The van der Waals surface area contributed by atoms with E-state index in [1.807, 2.05) is 29.2 Å². The predicted octanol–water partition coefficient (Wildman–Crippen LogP) is 2.31. The fraction of sp³-hybridized carbons (Fsp3) is 0.391. The lowest BCUT2D eigenvalue weighted by Crippen LogP contribution is -2.44. The quantitative estimate of drug-likeness (QED) is 0.376. The number of hydrogen-bond donors (Lipinski definition) is 2. The Bertz CT molecular complexity index is 1050. The van der Waals surface area contributed by atoms with Crippen LogP contribution in [0, 0.1) is 10.1 Å². The van der Waals surface area contributed by atoms with E-state index in [4.69, 9.17) is 17.0 Å². The van der Waals surface area contributed by atoms with Crippen LogP contribution in [0.5, 0.6) is 0 Å². The molecule has 0 aliphatic carbocycles. The number of hydrogen-bond acceptors (Lipinski definition) is 8. The van der Waals surface area contributed by atoms with Gasteiger partial charge in [0.1, 0.15) is 5.69 Å². The highest BCUT2D eigenvalue weighted by Crippen LogP contribution is 2.30. The second kappa shape index (κ2) is 10.8. The Balaban J connectivity index is 1.37. The van der Waals surface area contributed by atoms with Crippen LogP contribution < -0.4 is 20.4 Å². The first-order valence-corrected chi connectivity index (χ1v) is 11.6. The molecule has 1 amide bonds. The van der Waals surface area contributed by atoms with E-state index in [0.717, 1.165) is 37.6 Å². The third kappa shape index (κ3) is 5.79. The number of rotatable bonds is 5. The van der Waals surface area contributed by atoms with Gasteiger partial charge in [-0.05, 0) is 55.7 Å². The van der Waals surface area contributed by atoms with Crippen LogP contribution >= 0.6 is 12.2 Å². The van der Waals surface area contributed by atoms with Crippen molar-refractivity contribution in [1.29, 1.82) is 0 Å². The van der Waals surface area contributed by atoms with Crippen LogP contribution in [-0.2, 0) is 4.74 Å². The molecular weight excluding hydrogens is 456 g/mol. The van der Waals surface area contributed by atoms with Gasteiger partial charge in [0.25, 0.3) is 11.6 Å². The molecule has 2 aromatic rings. The fourth-order valence-electron chi connectivity index (χ4n) is 4.04. The Morgan fingerprint density at radius 3 is 2.32 bits per heavy atom. The van der Waals surface area contributed by atoms with Gasteiger partial charge in [-0.1, -0.05) is 0 Å². The van der Waals surface area contributed by atoms with Crippen molar-refractivity contribution in [3.05, 3.63) is 58.1 Å². The van der Waals surface area contributed by atoms with Crippen molar-refractivity contribution in [3.8, 4) is 0 Å². The number of benzene rings is 2. The normalized spacial score (nSPS) is 16.7. The van der Waals surface area contributed by atoms with Gasteiger partial charge in [0.15, 0.2) is 5.11 Å². The molecule has 2 aliphatic heterocycles. The monoisotopic (exact) mass is 484 g/mol. The van der Waals surface area contributed by atoms with Crippen LogP contribution in [0.1, 0.15) is 10.4 Å². The summed E-state index contributed by atoms with van der Waals surface area (Å²) in [6, 6.07) is 12.3. The number of likely N-dealkylation sites (N-methyl/N-ethyl adjacent to an activating group) is 1. The zero-order chi connectivity index (χ0) is 24.1. The van der Waals surface area contributed by atoms with Crippen LogP contribution in [0.15, 0.2) is 42.5 Å². The maximum atomic E-state index is 12.7. The minimum absolute atomic E-state index is 0.118. The van der Waals surface area contributed by atoms with E-state index in [2.05, 4.69) is 27.5 Å². The predicted molar refractivity (Wildman–Crippen MR) is 136 cm³/mol. The SMILES string of the molecule is CN1CCN(c2ccc(NC(=S)NC(=O)c3ccc(N4CCOCC4)c([N+](=O)[O-])c3)cc2)CC1. The summed E-state index contributed by atoms with van der Waals surface area (Å²) in [6.07, 6.45) is 0. The molecule has 2 aromatic carbocycles. The smallest absolute Gasteiger partial charge is 0.293 e. The number of amides is 1. The van der Waals surface area contributed by atoms with Crippen LogP contribution in [0.3, 0.4) is 0 Å². The summed E-state index contributed by atoms with van der Waals surface area (Å²) in [7, 11) is 2.12. The van der Waals surface area contributed by atoms with Gasteiger partial charge in [0.2, 0.25) is 0 Å². The van der Waals surface area contributed by atoms with E-state index < -0.39 is 10.8 Å². The summed E-state index contributed by atoms with van der Waals surface area (Å²) < 4.78 is 5.32. The first-order valence-electron chi connectivity index (χ1n) is 11.2. The summed E-state index contributed by atoms with van der Waals surface area (Å²) in [4.78, 5) is 30.4. The molecule has 2 aliphatic rings. The first-order chi connectivity index (χ1) is 16.4. The van der Waals surface area contributed by atoms with Gasteiger partial charge < -0.3 is 24.8 Å². The number of nitro benzene ring substituents is 1. The average molecular weight is 485 g/mol. The number of ether oxygens (including phenoxy) is 1. The maximum Gasteiger partial charge on any atom is 0.293 e. The number of thiocarbonyl (C=S) groups is 1. The van der Waals surface area contributed by atoms with Crippen molar-refractivity contribution >= 4 is 46.0 Å². The van der Waals surface area contributed by atoms with Crippen molar-refractivity contribution in [3.63, 3.8) is 0 Å². The standard InChI is InChI=1S/C23H28N6O4S/c1-26-8-10-27(11-9-26)19-5-3-18(4-6-19)24-23(34)25-22(30)17-2-7-20(21(16-17)29(31)32)28-12-14-33-15-13-28/h2-7,16H,8-15H2,1H3,(H2,24,25,30,34). The Labute approximate surface area is 203 Å². The molecule has 0 bridgehead atoms. The molecule has 0 unspecified atom stereocenters. The number of nitrogens with zero attached hydrogens (tertiary/aromatic N) is 4. The summed E-state index contributed by atoms with van der Waals surface area (Å²) in [6.45, 7) is 6.17. The number of nitrogens with one attached hydrogen (secondary N) is 2. The lowest BCUT2D eigenvalue weighted by molar-refractivity contribution is -0.384. The summed E-state index contributed by atoms with van der Waals surface area (Å²) >= 11 is 5.28. The van der Waals surface area contributed by atoms with Gasteiger partial charge in [-0.25, -0.2) is 0 Å². The molecule has 34 heavy (non-hydrogen) atoms. The Kier molecular flexibility index (Phi) is 7.56. The number of morpholine rings is 1. The molecule has 4 rings (SSSR count). The van der Waals surface area contributed by atoms with E-state index in [1.165, 1.54) is 6.07 Å². The maximum absolute atomic E-state index is 12.7. The number of piperazine rings is 1. The van der Waals surface area contributed by atoms with E-state index in [-0.39, 0.29) is 16.4 Å². The van der Waals surface area contributed by atoms with E-state index >= 15 is 0 Å². The van der Waals surface area contributed by atoms with E-state index in [1.54, 1.807) is 12.1 Å². The third-order valence-electron chi connectivity index (χ3n) is 6.01. The largest absolute Gasteiger partial charge is 0.378 e. The second-order valence-corrected chi connectivity index (χ2v) is 8.71. The number of carbonyl (C=O) groups is 1. The zero-order valence-electron chi connectivity index (χ0n) is 19.0. The number of anilines is 3. The highest BCUT2D eigenvalue weighted by molar-refractivity contribution is 7.80. The molecule has 2 fully saturated rings. The molecule has 0 aromatic heterocycles. The van der Waals surface area contributed by atoms with Crippen LogP contribution in [0.25, 0.3) is 0 Å². The fourth-order valence-corrected chi connectivity index (χ4v) is 4.25. The highest BCUT2D eigenvalue weighted by Gasteiger charge is 2.23. The minimum atomic E-state index is -0.511. The van der Waals surface area contributed by atoms with E-state index in [9.17, 15) is 14.9 Å². The van der Waals surface area contributed by atoms with Gasteiger partial charge in [-0.2, -0.15) is 0 Å². The molecule has 0 spiro atoms. The lowest BCUT2D eigenvalue weighted by Gasteiger charge is -2.34. The molecule has 11 heteroatoms. The van der Waals surface area contributed by atoms with Gasteiger partial charge >= 0.3 is 0 Å². The van der Waals surface area contributed by atoms with Crippen molar-refractivity contribution in [1.82, 2.24) is 10.2 Å². The van der Waals surface area contributed by atoms with E-state index in [0.29, 0.717) is 32.0 Å². The van der Waals surface area contributed by atoms with Crippen molar-refractivity contribution in [2.75, 3.05) is 74.6 Å². The molecule has 0 saturated carbocycles. The summed E-state index contributed by atoms with van der Waals surface area (Å²) in [5.41, 5.74) is 2.41. The molecule has 2 N–H and O–H groups in total.